The number of aryl methyl sites for hydroxylation is 1. The number of esters is 3. The Kier molecular flexibility index (Phi) is 12.4. The van der Waals surface area contributed by atoms with Crippen LogP contribution in [-0.2, 0) is 40.4 Å². The van der Waals surface area contributed by atoms with Crippen molar-refractivity contribution >= 4 is 59.3 Å². The third-order valence-electron chi connectivity index (χ3n) is 10.2. The average molecular weight is 831 g/mol. The molecular formula is C45H50ClNO10P+. The first kappa shape index (κ1) is 42.8. The van der Waals surface area contributed by atoms with Gasteiger partial charge in [0.05, 0.1) is 22.0 Å². The Morgan fingerprint density at radius 2 is 1.53 bits per heavy atom. The lowest BCUT2D eigenvalue weighted by molar-refractivity contribution is -0.143. The first-order chi connectivity index (χ1) is 27.4. The summed E-state index contributed by atoms with van der Waals surface area (Å²) in [5, 5.41) is 4.48. The molecule has 0 bridgehead atoms. The van der Waals surface area contributed by atoms with Crippen molar-refractivity contribution in [2.75, 3.05) is 26.9 Å². The van der Waals surface area contributed by atoms with Gasteiger partial charge < -0.3 is 29.0 Å². The van der Waals surface area contributed by atoms with Gasteiger partial charge in [0.25, 0.3) is 0 Å². The third kappa shape index (κ3) is 8.35. The molecule has 13 heteroatoms. The molecule has 11 nitrogen and oxygen atoms in total. The zero-order valence-corrected chi connectivity index (χ0v) is 35.9. The topological polar surface area (TPSA) is 144 Å². The van der Waals surface area contributed by atoms with Crippen LogP contribution in [0.15, 0.2) is 54.6 Å². The van der Waals surface area contributed by atoms with Gasteiger partial charge in [-0.2, -0.15) is 0 Å². The van der Waals surface area contributed by atoms with Crippen LogP contribution >= 0.6 is 19.4 Å². The number of fused-ring (bicyclic) bond motifs is 8. The molecule has 2 aliphatic heterocycles. The lowest BCUT2D eigenvalue weighted by Crippen LogP contribution is -2.34. The molecule has 4 aromatic rings. The van der Waals surface area contributed by atoms with Gasteiger partial charge in [0.1, 0.15) is 23.2 Å². The maximum atomic E-state index is 14.0. The lowest BCUT2D eigenvalue weighted by Gasteiger charge is -2.38. The fourth-order valence-electron chi connectivity index (χ4n) is 7.04. The van der Waals surface area contributed by atoms with E-state index in [0.29, 0.717) is 51.5 Å². The van der Waals surface area contributed by atoms with E-state index in [4.69, 9.17) is 35.3 Å². The number of hydrogen-bond acceptors (Lipinski definition) is 10. The Bertz CT molecular complexity index is 2330. The number of carbonyl (C=O) groups excluding carboxylic acids is 4. The van der Waals surface area contributed by atoms with E-state index in [-0.39, 0.29) is 52.3 Å². The van der Waals surface area contributed by atoms with Crippen LogP contribution < -0.4 is 24.8 Å². The minimum absolute atomic E-state index is 0.00000686. The Labute approximate surface area is 344 Å². The number of methoxy groups -OCH3 is 1. The minimum atomic E-state index is -1.85. The number of carbonyl (C=O) groups is 4. The molecule has 0 aromatic heterocycles. The molecule has 1 spiro atoms. The summed E-state index contributed by atoms with van der Waals surface area (Å²) in [5.41, 5.74) is -1.72. The smallest absolute Gasteiger partial charge is 0.373 e. The molecule has 2 heterocycles. The predicted octanol–water partition coefficient (Wildman–Crippen LogP) is 9.30. The van der Waals surface area contributed by atoms with Gasteiger partial charge in [-0.25, -0.2) is 4.79 Å². The van der Waals surface area contributed by atoms with Crippen molar-refractivity contribution in [3.63, 3.8) is 0 Å². The van der Waals surface area contributed by atoms with E-state index in [2.05, 4.69) is 5.32 Å². The van der Waals surface area contributed by atoms with Crippen molar-refractivity contribution in [3.8, 4) is 23.0 Å². The Hall–Kier alpha value is -4.83. The van der Waals surface area contributed by atoms with Crippen LogP contribution in [0.2, 0.25) is 5.02 Å². The summed E-state index contributed by atoms with van der Waals surface area (Å²) < 4.78 is 43.4. The number of halogens is 1. The van der Waals surface area contributed by atoms with Gasteiger partial charge in [-0.15, -0.1) is 0 Å². The Morgan fingerprint density at radius 3 is 2.21 bits per heavy atom. The quantitative estimate of drug-likeness (QED) is 0.0599. The molecule has 2 unspecified atom stereocenters. The van der Waals surface area contributed by atoms with Crippen LogP contribution in [0.4, 0.5) is 0 Å². The molecule has 0 saturated heterocycles. The zero-order valence-electron chi connectivity index (χ0n) is 34.3. The Balaban J connectivity index is 1.55. The lowest BCUT2D eigenvalue weighted by atomic mass is 9.75. The fraction of sp³-hybridized carbons (Fsp3) is 0.422. The third-order valence-corrected chi connectivity index (χ3v) is 11.6. The Morgan fingerprint density at radius 1 is 0.862 bits per heavy atom. The van der Waals surface area contributed by atoms with Crippen LogP contribution in [0.25, 0.3) is 10.8 Å². The molecule has 0 aliphatic carbocycles. The number of hydrogen-bond donors (Lipinski definition) is 1. The summed E-state index contributed by atoms with van der Waals surface area (Å²) in [7, 11) is -0.177. The zero-order chi connectivity index (χ0) is 42.2. The van der Waals surface area contributed by atoms with Crippen molar-refractivity contribution in [2.45, 2.75) is 85.7 Å². The number of rotatable bonds is 13. The van der Waals surface area contributed by atoms with E-state index >= 15 is 0 Å². The van der Waals surface area contributed by atoms with Crippen LogP contribution in [0.1, 0.15) is 106 Å². The second-order valence-corrected chi connectivity index (χ2v) is 18.7. The van der Waals surface area contributed by atoms with E-state index in [1.807, 2.05) is 12.1 Å². The SMILES string of the molecule is COCCCCCCNC(=O)CCc1cc2c(c(Cl)c1OC(=O)C(C)(C)C)Oc1cc(OC(=O)C(C)(C)C)c3ccccc3c1C21OC(=O)c2ccc([P+](C)=O)cc21. The summed E-state index contributed by atoms with van der Waals surface area (Å²) in [6.07, 6.45) is 3.85. The normalized spacial score (nSPS) is 15.9. The standard InChI is InChI=1S/C45H49ClNO10P/c1-43(2,3)41(50)55-33-25-34-36(29-16-12-11-15-28(29)33)45(31-24-27(58(8)52)18-19-30(31)40(49)57-45)32-23-26(17-20-35(48)47-21-13-9-10-14-22-53-7)38(37(46)39(32)54-34)56-42(51)44(4,5)6/h11-12,15-16,18-19,23-25H,9-10,13-14,17,20-22H2,1-8H3/p+1. The summed E-state index contributed by atoms with van der Waals surface area (Å²) in [6, 6.07) is 15.4. The first-order valence-corrected chi connectivity index (χ1v) is 21.6. The van der Waals surface area contributed by atoms with Crippen LogP contribution in [0.5, 0.6) is 23.0 Å². The summed E-state index contributed by atoms with van der Waals surface area (Å²) >= 11 is 7.29. The maximum Gasteiger partial charge on any atom is 0.373 e. The van der Waals surface area contributed by atoms with Gasteiger partial charge in [0, 0.05) is 55.3 Å². The summed E-state index contributed by atoms with van der Waals surface area (Å²) in [4.78, 5) is 54.0. The highest BCUT2D eigenvalue weighted by molar-refractivity contribution is 7.52. The number of ether oxygens (including phenoxy) is 5. The highest BCUT2D eigenvalue weighted by Gasteiger charge is 2.56. The molecule has 0 saturated carbocycles. The second-order valence-electron chi connectivity index (χ2n) is 16.8. The van der Waals surface area contributed by atoms with Gasteiger partial charge >= 0.3 is 25.7 Å². The largest absolute Gasteiger partial charge is 0.455 e. The van der Waals surface area contributed by atoms with Crippen LogP contribution in [0.3, 0.4) is 0 Å². The number of unbranched alkanes of at least 4 members (excludes halogenated alkanes) is 3. The molecule has 1 N–H and O–H groups in total. The highest BCUT2D eigenvalue weighted by Crippen LogP contribution is 2.62. The number of amides is 1. The first-order valence-electron chi connectivity index (χ1n) is 19.5. The van der Waals surface area contributed by atoms with Crippen LogP contribution in [0, 0.1) is 10.8 Å². The number of benzene rings is 4. The predicted molar refractivity (Wildman–Crippen MR) is 222 cm³/mol. The minimum Gasteiger partial charge on any atom is -0.455 e. The molecule has 2 aliphatic rings. The monoisotopic (exact) mass is 830 g/mol. The molecule has 2 atom stereocenters. The van der Waals surface area contributed by atoms with Gasteiger partial charge in [-0.05, 0) is 90.0 Å². The van der Waals surface area contributed by atoms with Crippen molar-refractivity contribution < 1.29 is 47.4 Å². The van der Waals surface area contributed by atoms with E-state index in [1.54, 1.807) is 97.8 Å². The fourth-order valence-corrected chi connectivity index (χ4v) is 7.93. The molecule has 0 radical (unpaired) electrons. The van der Waals surface area contributed by atoms with Gasteiger partial charge in [-0.3, -0.25) is 14.4 Å². The van der Waals surface area contributed by atoms with Crippen molar-refractivity contribution in [1.82, 2.24) is 5.32 Å². The van der Waals surface area contributed by atoms with Crippen molar-refractivity contribution in [3.05, 3.63) is 87.4 Å². The summed E-state index contributed by atoms with van der Waals surface area (Å²) in [6.45, 7) is 13.2. The molecule has 6 rings (SSSR count). The van der Waals surface area contributed by atoms with Gasteiger partial charge in [-0.1, -0.05) is 53.3 Å². The van der Waals surface area contributed by atoms with E-state index in [1.165, 1.54) is 0 Å². The molecular weight excluding hydrogens is 781 g/mol. The second kappa shape index (κ2) is 16.8. The maximum absolute atomic E-state index is 14.0. The van der Waals surface area contributed by atoms with Crippen molar-refractivity contribution in [1.29, 1.82) is 0 Å². The van der Waals surface area contributed by atoms with Crippen molar-refractivity contribution in [2.24, 2.45) is 10.8 Å². The molecule has 306 valence electrons. The molecule has 1 amide bonds. The van der Waals surface area contributed by atoms with E-state index in [9.17, 15) is 23.7 Å². The van der Waals surface area contributed by atoms with Gasteiger partial charge in [0.15, 0.2) is 22.4 Å². The molecule has 4 aromatic carbocycles. The van der Waals surface area contributed by atoms with E-state index in [0.717, 1.165) is 25.7 Å². The molecule has 0 fully saturated rings. The number of nitrogens with one attached hydrogen (secondary N) is 1. The summed E-state index contributed by atoms with van der Waals surface area (Å²) in [5.74, 6) is -1.49. The van der Waals surface area contributed by atoms with Crippen LogP contribution in [-0.4, -0.2) is 50.7 Å². The molecule has 58 heavy (non-hydrogen) atoms. The average Bonchev–Trinajstić information content (AvgIpc) is 3.45. The highest BCUT2D eigenvalue weighted by atomic mass is 35.5. The van der Waals surface area contributed by atoms with Gasteiger partial charge in [0.2, 0.25) is 5.91 Å². The van der Waals surface area contributed by atoms with E-state index < -0.39 is 42.1 Å².